The van der Waals surface area contributed by atoms with Crippen molar-refractivity contribution >= 4 is 33.0 Å². The number of urea groups is 1. The van der Waals surface area contributed by atoms with Crippen LogP contribution >= 0.6 is 11.3 Å². The van der Waals surface area contributed by atoms with E-state index < -0.39 is 40.3 Å². The first-order valence-corrected chi connectivity index (χ1v) is 11.3. The predicted molar refractivity (Wildman–Crippen MR) is 110 cm³/mol. The molecule has 2 aliphatic rings. The second kappa shape index (κ2) is 6.91. The number of aryl methyl sites for hydroxylation is 2. The molecular weight excluding hydrogens is 396 g/mol. The number of hydrogen-bond donors (Lipinski definition) is 3. The number of aromatic nitrogens is 1. The fourth-order valence-corrected chi connectivity index (χ4v) is 5.79. The molecule has 1 aromatic carbocycles. The van der Waals surface area contributed by atoms with Crippen molar-refractivity contribution in [2.24, 2.45) is 9.50 Å². The van der Waals surface area contributed by atoms with Crippen LogP contribution in [0.3, 0.4) is 0 Å². The van der Waals surface area contributed by atoms with Crippen molar-refractivity contribution in [3.05, 3.63) is 39.5 Å². The number of benzene rings is 1. The third-order valence-corrected chi connectivity index (χ3v) is 7.99. The lowest BCUT2D eigenvalue weighted by Gasteiger charge is -2.15. The Kier molecular flexibility index (Phi) is 3.31. The molecule has 0 aliphatic heterocycles. The molecule has 0 fully saturated rings. The highest BCUT2D eigenvalue weighted by Crippen LogP contribution is 2.38. The summed E-state index contributed by atoms with van der Waals surface area (Å²) >= 11 is 0.334. The molecule has 0 spiro atoms. The van der Waals surface area contributed by atoms with E-state index >= 15 is 0 Å². The molecule has 0 radical (unpaired) electrons. The van der Waals surface area contributed by atoms with Gasteiger partial charge in [-0.3, -0.25) is 0 Å². The molecule has 1 aromatic heterocycles. The largest absolute Gasteiger partial charge is 0.383 e. The van der Waals surface area contributed by atoms with E-state index in [2.05, 4.69) is 20.7 Å². The number of hydrogen-bond acceptors (Lipinski definition) is 5. The van der Waals surface area contributed by atoms with E-state index in [1.807, 2.05) is 0 Å². The van der Waals surface area contributed by atoms with Gasteiger partial charge in [-0.25, -0.2) is 19.1 Å². The fourth-order valence-electron chi connectivity index (χ4n) is 3.83. The molecule has 2 aromatic rings. The van der Waals surface area contributed by atoms with E-state index in [0.717, 1.165) is 55.8 Å². The maximum absolute atomic E-state index is 13.1. The number of nitrogens with two attached hydrogens (primary N) is 1. The van der Waals surface area contributed by atoms with Crippen LogP contribution in [0, 0.1) is 0 Å². The van der Waals surface area contributed by atoms with Crippen LogP contribution in [-0.4, -0.2) is 20.3 Å². The lowest BCUT2D eigenvalue weighted by Crippen LogP contribution is -2.18. The topological polar surface area (TPSA) is 118 Å². The molecule has 9 heteroatoms. The maximum atomic E-state index is 13.1. The second-order valence-corrected chi connectivity index (χ2v) is 10.1. The summed E-state index contributed by atoms with van der Waals surface area (Å²) in [7, 11) is -3.90. The van der Waals surface area contributed by atoms with Gasteiger partial charge < -0.3 is 10.4 Å². The zero-order valence-corrected chi connectivity index (χ0v) is 16.6. The smallest absolute Gasteiger partial charge is 0.354 e. The molecule has 4 N–H and O–H groups in total. The number of anilines is 1. The van der Waals surface area contributed by atoms with Gasteiger partial charge in [0.05, 0.1) is 6.20 Å². The average molecular weight is 427 g/mol. The minimum atomic E-state index is -3.90. The van der Waals surface area contributed by atoms with E-state index in [9.17, 15) is 14.1 Å². The molecule has 0 saturated carbocycles. The van der Waals surface area contributed by atoms with Gasteiger partial charge in [-0.2, -0.15) is 0 Å². The summed E-state index contributed by atoms with van der Waals surface area (Å²) in [6.07, 6.45) is 6.32. The molecule has 7 nitrogen and oxygen atoms in total. The number of thiazole rings is 1. The van der Waals surface area contributed by atoms with Crippen LogP contribution in [0.1, 0.15) is 62.0 Å². The van der Waals surface area contributed by atoms with Gasteiger partial charge in [0.2, 0.25) is 0 Å². The quantitative estimate of drug-likeness (QED) is 0.698. The van der Waals surface area contributed by atoms with Crippen molar-refractivity contribution in [3.8, 4) is 0 Å². The van der Waals surface area contributed by atoms with Crippen molar-refractivity contribution in [2.45, 2.75) is 62.0 Å². The molecule has 1 atom stereocenters. The fraction of sp³-hybridized carbons (Fsp3) is 0.474. The van der Waals surface area contributed by atoms with Crippen LogP contribution in [0.25, 0.3) is 0 Å². The Bertz CT molecular complexity index is 1230. The highest BCUT2D eigenvalue weighted by molar-refractivity contribution is 7.93. The summed E-state index contributed by atoms with van der Waals surface area (Å²) in [6.45, 7) is -6.71. The number of amides is 2. The Morgan fingerprint density at radius 3 is 2.57 bits per heavy atom. The van der Waals surface area contributed by atoms with E-state index in [0.29, 0.717) is 17.0 Å². The van der Waals surface area contributed by atoms with Crippen molar-refractivity contribution in [1.82, 2.24) is 4.98 Å². The van der Waals surface area contributed by atoms with Crippen molar-refractivity contribution in [2.75, 3.05) is 5.32 Å². The Balaban J connectivity index is 1.67. The SMILES string of the molecule is [2H]C([2H])([2H])C(O)(c1ncc([S@](N)(=O)=NC(=O)Nc2c3c(cc4c2CCC4)CCC3)s1)C([2H])([2H])[2H]. The standard InChI is InChI=1S/C19H24N4O3S2/c1-19(2,25)17-21-10-15(27-17)28(20,26)23-18(24)22-16-13-7-3-5-11(13)9-12-6-4-8-14(12)16/h9-10,25H,3-8H2,1-2H3,(H3,20,22,23,24,26)/t28-/m1/s1/i1D3,2D3. The third-order valence-electron chi connectivity index (χ3n) is 5.01. The minimum Gasteiger partial charge on any atom is -0.383 e. The normalized spacial score (nSPS) is 21.8. The monoisotopic (exact) mass is 426 g/mol. The summed E-state index contributed by atoms with van der Waals surface area (Å²) in [5, 5.41) is 18.4. The Morgan fingerprint density at radius 1 is 1.32 bits per heavy atom. The molecular formula is C19H24N4O3S2. The molecule has 150 valence electrons. The molecule has 4 rings (SSSR count). The Hall–Kier alpha value is -1.81. The molecule has 0 saturated heterocycles. The number of fused-ring (bicyclic) bond motifs is 2. The number of nitrogens with one attached hydrogen (secondary N) is 1. The van der Waals surface area contributed by atoms with E-state index in [1.54, 1.807) is 0 Å². The van der Waals surface area contributed by atoms with E-state index in [-0.39, 0.29) is 4.21 Å². The van der Waals surface area contributed by atoms with Crippen LogP contribution in [0.2, 0.25) is 0 Å². The van der Waals surface area contributed by atoms with Gasteiger partial charge in [-0.15, -0.1) is 15.7 Å². The van der Waals surface area contributed by atoms with Gasteiger partial charge >= 0.3 is 6.03 Å². The minimum absolute atomic E-state index is 0.326. The molecule has 1 heterocycles. The highest BCUT2D eigenvalue weighted by Gasteiger charge is 2.26. The molecule has 2 amide bonds. The van der Waals surface area contributed by atoms with Crippen LogP contribution in [0.15, 0.2) is 20.8 Å². The Morgan fingerprint density at radius 2 is 1.96 bits per heavy atom. The first-order valence-electron chi connectivity index (χ1n) is 11.9. The van der Waals surface area contributed by atoms with Gasteiger partial charge in [-0.1, -0.05) is 6.07 Å². The van der Waals surface area contributed by atoms with Gasteiger partial charge in [-0.05, 0) is 74.5 Å². The molecule has 0 unspecified atom stereocenters. The van der Waals surface area contributed by atoms with Gasteiger partial charge in [0.25, 0.3) is 0 Å². The molecule has 0 bridgehead atoms. The highest BCUT2D eigenvalue weighted by atomic mass is 32.2. The van der Waals surface area contributed by atoms with Crippen molar-refractivity contribution in [3.63, 3.8) is 0 Å². The zero-order valence-electron chi connectivity index (χ0n) is 20.9. The van der Waals surface area contributed by atoms with Crippen LogP contribution in [-0.2, 0) is 41.2 Å². The number of carbonyl (C=O) groups is 1. The van der Waals surface area contributed by atoms with Crippen molar-refractivity contribution in [1.29, 1.82) is 0 Å². The summed E-state index contributed by atoms with van der Waals surface area (Å²) in [6, 6.07) is 1.26. The first-order chi connectivity index (χ1) is 15.6. The molecule has 28 heavy (non-hydrogen) atoms. The number of carbonyl (C=O) groups excluding carboxylic acids is 1. The summed E-state index contributed by atoms with van der Waals surface area (Å²) in [5.41, 5.74) is 1.86. The van der Waals surface area contributed by atoms with Crippen molar-refractivity contribution < 1.29 is 22.3 Å². The van der Waals surface area contributed by atoms with E-state index in [4.69, 9.17) is 13.4 Å². The summed E-state index contributed by atoms with van der Waals surface area (Å²) < 4.78 is 61.4. The van der Waals surface area contributed by atoms with Crippen LogP contribution in [0.5, 0.6) is 0 Å². The predicted octanol–water partition coefficient (Wildman–Crippen LogP) is 3.28. The van der Waals surface area contributed by atoms with Gasteiger partial charge in [0.1, 0.15) is 14.8 Å². The number of aliphatic hydroxyl groups is 1. The lowest BCUT2D eigenvalue weighted by molar-refractivity contribution is 0.0783. The molecule has 2 aliphatic carbocycles. The summed E-state index contributed by atoms with van der Waals surface area (Å²) in [5.74, 6) is 0. The zero-order chi connectivity index (χ0) is 25.1. The average Bonchev–Trinajstić information content (AvgIpc) is 3.44. The number of nitrogens with zero attached hydrogens (tertiary/aromatic N) is 2. The second-order valence-electron chi connectivity index (χ2n) is 7.02. The third kappa shape index (κ3) is 3.59. The van der Waals surface area contributed by atoms with Gasteiger partial charge in [0, 0.05) is 13.9 Å². The maximum Gasteiger partial charge on any atom is 0.354 e. The lowest BCUT2D eigenvalue weighted by atomic mass is 9.99. The van der Waals surface area contributed by atoms with Gasteiger partial charge in [0.15, 0.2) is 9.92 Å². The van der Waals surface area contributed by atoms with Crippen LogP contribution < -0.4 is 10.5 Å². The van der Waals surface area contributed by atoms with Crippen LogP contribution in [0.4, 0.5) is 10.5 Å². The number of rotatable bonds is 3. The van der Waals surface area contributed by atoms with E-state index in [1.165, 1.54) is 11.1 Å². The Labute approximate surface area is 177 Å². The first kappa shape index (κ1) is 13.4. The summed E-state index contributed by atoms with van der Waals surface area (Å²) in [4.78, 5) is 16.4.